The molecule has 8 N–H and O–H groups in total. The van der Waals surface area contributed by atoms with Crippen LogP contribution in [0.4, 0.5) is 0 Å². The van der Waals surface area contributed by atoms with Gasteiger partial charge in [0.05, 0.1) is 24.2 Å². The van der Waals surface area contributed by atoms with Crippen LogP contribution in [0.3, 0.4) is 0 Å². The van der Waals surface area contributed by atoms with E-state index in [0.717, 1.165) is 51.4 Å². The van der Waals surface area contributed by atoms with Crippen LogP contribution in [0.15, 0.2) is 48.5 Å². The number of rotatable bonds is 8. The average molecular weight is 879 g/mol. The van der Waals surface area contributed by atoms with Crippen molar-refractivity contribution in [3.63, 3.8) is 0 Å². The van der Waals surface area contributed by atoms with Crippen molar-refractivity contribution < 1.29 is 79.8 Å². The molecule has 0 bridgehead atoms. The molecule has 14 heteroatoms. The molecule has 0 aromatic heterocycles. The van der Waals surface area contributed by atoms with Crippen molar-refractivity contribution in [3.05, 3.63) is 70.8 Å². The zero-order valence-electron chi connectivity index (χ0n) is 29.2. The van der Waals surface area contributed by atoms with E-state index in [0.29, 0.717) is 0 Å². The number of benzene rings is 2. The van der Waals surface area contributed by atoms with Gasteiger partial charge in [-0.15, -0.1) is 0 Å². The Labute approximate surface area is 321 Å². The first-order valence-corrected chi connectivity index (χ1v) is 17.3. The minimum absolute atomic E-state index is 0. The Bertz CT molecular complexity index is 1150. The molecular formula is C36H56N4O8Rh2. The Morgan fingerprint density at radius 3 is 0.760 bits per heavy atom. The Morgan fingerprint density at radius 1 is 0.400 bits per heavy atom. The monoisotopic (exact) mass is 878 g/mol. The number of hydrogen-bond acceptors (Lipinski definition) is 12. The number of aliphatic hydroxyl groups excluding tert-OH is 4. The van der Waals surface area contributed by atoms with Crippen molar-refractivity contribution in [2.24, 2.45) is 0 Å². The van der Waals surface area contributed by atoms with Gasteiger partial charge in [0.1, 0.15) is 0 Å². The molecule has 0 spiro atoms. The largest absolute Gasteiger partial charge is 0.367 e. The fourth-order valence-electron chi connectivity index (χ4n) is 8.86. The van der Waals surface area contributed by atoms with Crippen molar-refractivity contribution in [1.29, 1.82) is 0 Å². The second kappa shape index (κ2) is 19.0. The van der Waals surface area contributed by atoms with E-state index in [1.807, 2.05) is 59.9 Å². The van der Waals surface area contributed by atoms with Crippen LogP contribution in [0, 0.1) is 0 Å². The molecule has 0 unspecified atom stereocenters. The zero-order chi connectivity index (χ0) is 34.9. The van der Waals surface area contributed by atoms with Gasteiger partial charge in [0, 0.05) is 63.1 Å². The third-order valence-corrected chi connectivity index (χ3v) is 11.7. The Kier molecular flexibility index (Phi) is 16.6. The van der Waals surface area contributed by atoms with E-state index in [4.69, 9.17) is 0 Å². The van der Waals surface area contributed by atoms with Gasteiger partial charge in [-0.3, -0.25) is 19.6 Å². The first kappa shape index (κ1) is 43.6. The molecule has 4 saturated heterocycles. The van der Waals surface area contributed by atoms with E-state index in [9.17, 15) is 40.9 Å². The Morgan fingerprint density at radius 2 is 0.600 bits per heavy atom. The van der Waals surface area contributed by atoms with Crippen LogP contribution in [0.25, 0.3) is 0 Å². The molecule has 4 heterocycles. The molecule has 4 aliphatic heterocycles. The van der Waals surface area contributed by atoms with Crippen LogP contribution in [-0.4, -0.2) is 138 Å². The molecule has 0 saturated carbocycles. The standard InChI is InChI=1S/2C18H28N2O4.2Rh/c2*1-19-13(6-8-15(19)17(21)22)11-4-3-5-12(10-11)14-7-9-16(18(23)24)20(14)2;;/h2*3-5,10,13-18,21-24H,6-9H2,1-2H3;;/t2*13-,14-,15+,16+;;/m00../s1. The number of hydrogen-bond donors (Lipinski definition) is 8. The summed E-state index contributed by atoms with van der Waals surface area (Å²) in [7, 11) is 7.76. The molecule has 2 aromatic rings. The summed E-state index contributed by atoms with van der Waals surface area (Å²) in [5.41, 5.74) is 4.72. The number of nitrogens with zero attached hydrogens (tertiary/aromatic N) is 4. The second-order valence-corrected chi connectivity index (χ2v) is 14.3. The number of likely N-dealkylation sites (tertiary alicyclic amines) is 4. The molecule has 4 fully saturated rings. The summed E-state index contributed by atoms with van der Waals surface area (Å²) in [5, 5.41) is 75.9. The van der Waals surface area contributed by atoms with E-state index in [1.54, 1.807) is 0 Å². The smallest absolute Gasteiger partial charge is 0.167 e. The third kappa shape index (κ3) is 9.46. The van der Waals surface area contributed by atoms with Gasteiger partial charge in [0.2, 0.25) is 0 Å². The molecule has 4 aliphatic rings. The fourth-order valence-corrected chi connectivity index (χ4v) is 8.86. The van der Waals surface area contributed by atoms with Crippen LogP contribution in [0.5, 0.6) is 0 Å². The predicted molar refractivity (Wildman–Crippen MR) is 180 cm³/mol. The molecule has 0 aliphatic carbocycles. The molecule has 50 heavy (non-hydrogen) atoms. The van der Waals surface area contributed by atoms with Crippen LogP contribution in [0.2, 0.25) is 0 Å². The van der Waals surface area contributed by atoms with Crippen molar-refractivity contribution >= 4 is 0 Å². The van der Waals surface area contributed by atoms with Gasteiger partial charge in [0.25, 0.3) is 0 Å². The second-order valence-electron chi connectivity index (χ2n) is 14.3. The van der Waals surface area contributed by atoms with Crippen molar-refractivity contribution in [2.75, 3.05) is 28.2 Å². The minimum Gasteiger partial charge on any atom is -0.367 e. The predicted octanol–water partition coefficient (Wildman–Crippen LogP) is 1.15. The van der Waals surface area contributed by atoms with E-state index in [1.165, 1.54) is 22.3 Å². The van der Waals surface area contributed by atoms with Gasteiger partial charge < -0.3 is 40.9 Å². The molecule has 6 rings (SSSR count). The van der Waals surface area contributed by atoms with E-state index >= 15 is 0 Å². The van der Waals surface area contributed by atoms with Crippen molar-refractivity contribution in [2.45, 2.75) is 125 Å². The van der Waals surface area contributed by atoms with Crippen LogP contribution in [-0.2, 0) is 39.0 Å². The molecular weight excluding hydrogens is 822 g/mol. The molecule has 2 aromatic carbocycles. The zero-order valence-corrected chi connectivity index (χ0v) is 32.5. The van der Waals surface area contributed by atoms with E-state index in [-0.39, 0.29) is 87.3 Å². The summed E-state index contributed by atoms with van der Waals surface area (Å²) in [6.07, 6.45) is 1.45. The van der Waals surface area contributed by atoms with Crippen molar-refractivity contribution in [1.82, 2.24) is 19.6 Å². The van der Waals surface area contributed by atoms with Gasteiger partial charge in [-0.2, -0.15) is 0 Å². The van der Waals surface area contributed by atoms with E-state index in [2.05, 4.69) is 36.4 Å². The minimum atomic E-state index is -1.31. The molecule has 286 valence electrons. The topological polar surface area (TPSA) is 175 Å². The average Bonchev–Trinajstić information content (AvgIpc) is 3.82. The van der Waals surface area contributed by atoms with Crippen LogP contribution in [0.1, 0.15) is 97.8 Å². The maximum atomic E-state index is 9.49. The molecule has 12 nitrogen and oxygen atoms in total. The van der Waals surface area contributed by atoms with Gasteiger partial charge in [-0.1, -0.05) is 48.5 Å². The summed E-state index contributed by atoms with van der Waals surface area (Å²) in [6.45, 7) is 0. The quantitative estimate of drug-likeness (QED) is 0.141. The van der Waals surface area contributed by atoms with Crippen LogP contribution < -0.4 is 0 Å². The third-order valence-electron chi connectivity index (χ3n) is 11.7. The maximum absolute atomic E-state index is 9.49. The maximum Gasteiger partial charge on any atom is 0.167 e. The van der Waals surface area contributed by atoms with Gasteiger partial charge in [0.15, 0.2) is 25.2 Å². The Hall–Kier alpha value is -0.793. The summed E-state index contributed by atoms with van der Waals surface area (Å²) >= 11 is 0. The van der Waals surface area contributed by atoms with Gasteiger partial charge >= 0.3 is 0 Å². The summed E-state index contributed by atoms with van der Waals surface area (Å²) < 4.78 is 0. The SMILES string of the molecule is CN1[C@@H](C(O)O)CC[C@H]1c1cccc([C@@H]2CC[C@H](C(O)O)N2C)c1.CN1[C@@H](C(O)O)CC[C@H]1c1cccc([C@@H]2CC[C@H](C(O)O)N2C)c1.[Rh].[Rh]. The molecule has 0 amide bonds. The van der Waals surface area contributed by atoms with Gasteiger partial charge in [-0.25, -0.2) is 0 Å². The first-order chi connectivity index (χ1) is 22.8. The number of aliphatic hydroxyl groups is 8. The van der Waals surface area contributed by atoms with Crippen LogP contribution >= 0.6 is 0 Å². The van der Waals surface area contributed by atoms with Crippen molar-refractivity contribution in [3.8, 4) is 0 Å². The fraction of sp³-hybridized carbons (Fsp3) is 0.667. The summed E-state index contributed by atoms with van der Waals surface area (Å²) in [5.74, 6) is 0. The molecule has 8 atom stereocenters. The number of likely N-dealkylation sites (N-methyl/N-ethyl adjacent to an activating group) is 4. The summed E-state index contributed by atoms with van der Waals surface area (Å²) in [6, 6.07) is 16.6. The first-order valence-electron chi connectivity index (χ1n) is 17.3. The molecule has 2 radical (unpaired) electrons. The summed E-state index contributed by atoms with van der Waals surface area (Å²) in [4.78, 5) is 8.18. The van der Waals surface area contributed by atoms with Gasteiger partial charge in [-0.05, 0) is 102 Å². The Balaban J connectivity index is 0.000000260. The van der Waals surface area contributed by atoms with E-state index < -0.39 is 25.2 Å². The normalized spacial score (nSPS) is 31.0.